The number of rotatable bonds is 5. The van der Waals surface area contributed by atoms with Crippen LogP contribution in [0.25, 0.3) is 0 Å². The average molecular weight is 307 g/mol. The summed E-state index contributed by atoms with van der Waals surface area (Å²) in [7, 11) is 1.71. The highest BCUT2D eigenvalue weighted by Gasteiger charge is 2.08. The first-order valence-electron chi connectivity index (χ1n) is 4.49. The van der Waals surface area contributed by atoms with Crippen molar-refractivity contribution in [2.24, 2.45) is 0 Å². The molecule has 0 spiro atoms. The van der Waals surface area contributed by atoms with Gasteiger partial charge in [0.15, 0.2) is 0 Å². The summed E-state index contributed by atoms with van der Waals surface area (Å²) in [6, 6.07) is 0. The third kappa shape index (κ3) is 3.06. The van der Waals surface area contributed by atoms with Gasteiger partial charge in [0.25, 0.3) is 0 Å². The first-order chi connectivity index (χ1) is 6.79. The SMILES string of the molecule is CCN(CCOC)c1ncncc1I. The topological polar surface area (TPSA) is 38.2 Å². The van der Waals surface area contributed by atoms with Gasteiger partial charge < -0.3 is 9.64 Å². The Hall–Kier alpha value is -0.430. The predicted octanol–water partition coefficient (Wildman–Crippen LogP) is 1.55. The van der Waals surface area contributed by atoms with Crippen molar-refractivity contribution in [3.8, 4) is 0 Å². The van der Waals surface area contributed by atoms with Gasteiger partial charge in [0.05, 0.1) is 10.2 Å². The lowest BCUT2D eigenvalue weighted by molar-refractivity contribution is 0.205. The zero-order valence-corrected chi connectivity index (χ0v) is 10.6. The molecule has 0 saturated heterocycles. The van der Waals surface area contributed by atoms with Crippen molar-refractivity contribution < 1.29 is 4.74 Å². The van der Waals surface area contributed by atoms with E-state index >= 15 is 0 Å². The van der Waals surface area contributed by atoms with E-state index in [1.807, 2.05) is 6.20 Å². The van der Waals surface area contributed by atoms with Gasteiger partial charge in [0.2, 0.25) is 0 Å². The molecule has 4 nitrogen and oxygen atoms in total. The lowest BCUT2D eigenvalue weighted by Gasteiger charge is -2.21. The summed E-state index contributed by atoms with van der Waals surface area (Å²) >= 11 is 2.24. The third-order valence-corrected chi connectivity index (χ3v) is 2.66. The molecule has 0 aliphatic rings. The second-order valence-corrected chi connectivity index (χ2v) is 3.93. The third-order valence-electron chi connectivity index (χ3n) is 1.89. The molecule has 14 heavy (non-hydrogen) atoms. The Morgan fingerprint density at radius 1 is 1.57 bits per heavy atom. The fourth-order valence-corrected chi connectivity index (χ4v) is 1.80. The summed E-state index contributed by atoms with van der Waals surface area (Å²) in [6.45, 7) is 4.61. The molecule has 0 bridgehead atoms. The minimum absolute atomic E-state index is 0.716. The minimum Gasteiger partial charge on any atom is -0.383 e. The van der Waals surface area contributed by atoms with Gasteiger partial charge in [-0.3, -0.25) is 0 Å². The fraction of sp³-hybridized carbons (Fsp3) is 0.556. The number of nitrogens with zero attached hydrogens (tertiary/aromatic N) is 3. The van der Waals surface area contributed by atoms with E-state index in [1.165, 1.54) is 0 Å². The van der Waals surface area contributed by atoms with E-state index in [2.05, 4.69) is 44.4 Å². The average Bonchev–Trinajstić information content (AvgIpc) is 2.21. The van der Waals surface area contributed by atoms with Crippen LogP contribution in [0.15, 0.2) is 12.5 Å². The van der Waals surface area contributed by atoms with Crippen LogP contribution in [0.4, 0.5) is 5.82 Å². The number of ether oxygens (including phenoxy) is 1. The van der Waals surface area contributed by atoms with E-state index in [0.717, 1.165) is 22.5 Å². The second kappa shape index (κ2) is 6.13. The number of methoxy groups -OCH3 is 1. The maximum absolute atomic E-state index is 5.05. The zero-order chi connectivity index (χ0) is 10.4. The van der Waals surface area contributed by atoms with E-state index in [9.17, 15) is 0 Å². The predicted molar refractivity (Wildman–Crippen MR) is 64.5 cm³/mol. The first-order valence-corrected chi connectivity index (χ1v) is 5.56. The maximum atomic E-state index is 5.05. The highest BCUT2D eigenvalue weighted by molar-refractivity contribution is 14.1. The molecule has 0 amide bonds. The monoisotopic (exact) mass is 307 g/mol. The number of hydrogen-bond acceptors (Lipinski definition) is 4. The summed E-state index contributed by atoms with van der Waals surface area (Å²) in [5, 5.41) is 0. The lowest BCUT2D eigenvalue weighted by atomic mass is 10.4. The van der Waals surface area contributed by atoms with Gasteiger partial charge in [-0.1, -0.05) is 0 Å². The van der Waals surface area contributed by atoms with Crippen molar-refractivity contribution in [1.82, 2.24) is 9.97 Å². The number of likely N-dealkylation sites (N-methyl/N-ethyl adjacent to an activating group) is 1. The van der Waals surface area contributed by atoms with E-state index < -0.39 is 0 Å². The molecule has 0 N–H and O–H groups in total. The smallest absolute Gasteiger partial charge is 0.145 e. The van der Waals surface area contributed by atoms with Gasteiger partial charge in [0, 0.05) is 26.4 Å². The normalized spacial score (nSPS) is 10.2. The second-order valence-electron chi connectivity index (χ2n) is 2.77. The van der Waals surface area contributed by atoms with E-state index in [1.54, 1.807) is 13.4 Å². The summed E-state index contributed by atoms with van der Waals surface area (Å²) in [4.78, 5) is 10.4. The molecule has 5 heteroatoms. The molecular formula is C9H14IN3O. The number of aromatic nitrogens is 2. The van der Waals surface area contributed by atoms with Crippen LogP contribution in [-0.4, -0.2) is 36.8 Å². The first kappa shape index (κ1) is 11.6. The Bertz CT molecular complexity index is 283. The summed E-state index contributed by atoms with van der Waals surface area (Å²) < 4.78 is 6.12. The van der Waals surface area contributed by atoms with Crippen LogP contribution in [-0.2, 0) is 4.74 Å². The van der Waals surface area contributed by atoms with E-state index in [-0.39, 0.29) is 0 Å². The Morgan fingerprint density at radius 2 is 2.36 bits per heavy atom. The molecule has 0 radical (unpaired) electrons. The number of hydrogen-bond donors (Lipinski definition) is 0. The summed E-state index contributed by atoms with van der Waals surface area (Å²) in [6.07, 6.45) is 3.39. The van der Waals surface area contributed by atoms with Gasteiger partial charge in [-0.05, 0) is 29.5 Å². The van der Waals surface area contributed by atoms with E-state index in [4.69, 9.17) is 4.74 Å². The van der Waals surface area contributed by atoms with Gasteiger partial charge in [-0.2, -0.15) is 0 Å². The van der Waals surface area contributed by atoms with Crippen molar-refractivity contribution in [2.75, 3.05) is 31.7 Å². The minimum atomic E-state index is 0.716. The molecule has 0 fully saturated rings. The van der Waals surface area contributed by atoms with Gasteiger partial charge in [0.1, 0.15) is 12.1 Å². The molecule has 1 rings (SSSR count). The molecule has 0 unspecified atom stereocenters. The van der Waals surface area contributed by atoms with Gasteiger partial charge in [-0.15, -0.1) is 0 Å². The molecule has 0 saturated carbocycles. The Labute approximate surface area is 97.8 Å². The molecule has 0 aromatic carbocycles. The van der Waals surface area contributed by atoms with Crippen LogP contribution >= 0.6 is 22.6 Å². The Morgan fingerprint density at radius 3 is 2.93 bits per heavy atom. The van der Waals surface area contributed by atoms with Crippen molar-refractivity contribution in [2.45, 2.75) is 6.92 Å². The van der Waals surface area contributed by atoms with Crippen LogP contribution in [0.3, 0.4) is 0 Å². The van der Waals surface area contributed by atoms with Crippen molar-refractivity contribution in [3.05, 3.63) is 16.1 Å². The maximum Gasteiger partial charge on any atom is 0.145 e. The van der Waals surface area contributed by atoms with Crippen LogP contribution in [0.1, 0.15) is 6.92 Å². The van der Waals surface area contributed by atoms with Gasteiger partial charge >= 0.3 is 0 Å². The molecule has 0 atom stereocenters. The summed E-state index contributed by atoms with van der Waals surface area (Å²) in [5.41, 5.74) is 0. The quantitative estimate of drug-likeness (QED) is 0.774. The van der Waals surface area contributed by atoms with Crippen molar-refractivity contribution >= 4 is 28.4 Å². The van der Waals surface area contributed by atoms with Crippen LogP contribution in [0, 0.1) is 3.57 Å². The van der Waals surface area contributed by atoms with Crippen LogP contribution < -0.4 is 4.90 Å². The molecule has 1 heterocycles. The standard InChI is InChI=1S/C9H14IN3O/c1-3-13(4-5-14-2)9-8(10)6-11-7-12-9/h6-7H,3-5H2,1-2H3. The molecule has 1 aromatic rings. The van der Waals surface area contributed by atoms with Crippen LogP contribution in [0.2, 0.25) is 0 Å². The largest absolute Gasteiger partial charge is 0.383 e. The van der Waals surface area contributed by atoms with Crippen LogP contribution in [0.5, 0.6) is 0 Å². The van der Waals surface area contributed by atoms with Crippen molar-refractivity contribution in [3.63, 3.8) is 0 Å². The number of halogens is 1. The summed E-state index contributed by atoms with van der Waals surface area (Å²) in [5.74, 6) is 0.986. The Kier molecular flexibility index (Phi) is 5.10. The molecular weight excluding hydrogens is 293 g/mol. The lowest BCUT2D eigenvalue weighted by Crippen LogP contribution is -2.28. The zero-order valence-electron chi connectivity index (χ0n) is 8.40. The molecule has 0 aliphatic carbocycles. The highest BCUT2D eigenvalue weighted by Crippen LogP contribution is 2.17. The molecule has 1 aromatic heterocycles. The Balaban J connectivity index is 2.73. The molecule has 0 aliphatic heterocycles. The van der Waals surface area contributed by atoms with Gasteiger partial charge in [-0.25, -0.2) is 9.97 Å². The number of anilines is 1. The van der Waals surface area contributed by atoms with E-state index in [0.29, 0.717) is 6.61 Å². The van der Waals surface area contributed by atoms with Crippen molar-refractivity contribution in [1.29, 1.82) is 0 Å². The molecule has 78 valence electrons. The highest BCUT2D eigenvalue weighted by atomic mass is 127. The fourth-order valence-electron chi connectivity index (χ4n) is 1.15.